The van der Waals surface area contributed by atoms with Crippen molar-refractivity contribution in [1.29, 1.82) is 0 Å². The summed E-state index contributed by atoms with van der Waals surface area (Å²) in [5, 5.41) is 6.38. The Hall–Kier alpha value is -1.77. The summed E-state index contributed by atoms with van der Waals surface area (Å²) in [6, 6.07) is 7.08. The number of benzene rings is 1. The quantitative estimate of drug-likeness (QED) is 0.618. The number of rotatable bonds is 3. The van der Waals surface area contributed by atoms with E-state index < -0.39 is 5.91 Å². The third-order valence-electron chi connectivity index (χ3n) is 4.33. The third kappa shape index (κ3) is 3.97. The molecule has 1 aliphatic carbocycles. The van der Waals surface area contributed by atoms with Crippen LogP contribution in [-0.4, -0.2) is 16.9 Å². The maximum atomic E-state index is 12.4. The number of nitrogens with one attached hydrogen (secondary N) is 2. The van der Waals surface area contributed by atoms with Gasteiger partial charge in [-0.1, -0.05) is 19.1 Å². The van der Waals surface area contributed by atoms with Crippen molar-refractivity contribution >= 4 is 61.4 Å². The molecule has 0 aliphatic heterocycles. The molecule has 0 bridgehead atoms. The molecular formula is C18H18BrN3O2S2. The highest BCUT2D eigenvalue weighted by Gasteiger charge is 2.27. The predicted molar refractivity (Wildman–Crippen MR) is 112 cm³/mol. The van der Waals surface area contributed by atoms with Crippen LogP contribution in [0.4, 0.5) is 5.00 Å². The Kier molecular flexibility index (Phi) is 5.74. The average Bonchev–Trinajstić information content (AvgIpc) is 2.91. The second kappa shape index (κ2) is 7.85. The summed E-state index contributed by atoms with van der Waals surface area (Å²) in [6.07, 6.45) is 2.80. The zero-order chi connectivity index (χ0) is 18.8. The second-order valence-electron chi connectivity index (χ2n) is 6.31. The molecule has 0 saturated heterocycles. The lowest BCUT2D eigenvalue weighted by molar-refractivity contribution is 0.0974. The van der Waals surface area contributed by atoms with Crippen molar-refractivity contribution in [1.82, 2.24) is 5.32 Å². The van der Waals surface area contributed by atoms with Crippen LogP contribution in [0.1, 0.15) is 44.5 Å². The van der Waals surface area contributed by atoms with Crippen LogP contribution in [0, 0.1) is 5.92 Å². The summed E-state index contributed by atoms with van der Waals surface area (Å²) in [5.41, 5.74) is 7.59. The SMILES string of the molecule is CC1CCc2c(sc(NC(=S)NC(=O)c3ccccc3Br)c2C(N)=O)C1. The van der Waals surface area contributed by atoms with Crippen LogP contribution in [0.5, 0.6) is 0 Å². The Bertz CT molecular complexity index is 895. The molecule has 3 rings (SSSR count). The Morgan fingerprint density at radius 3 is 2.77 bits per heavy atom. The summed E-state index contributed by atoms with van der Waals surface area (Å²) >= 11 is 10.1. The van der Waals surface area contributed by atoms with Crippen LogP contribution >= 0.6 is 39.5 Å². The second-order valence-corrected chi connectivity index (χ2v) is 8.68. The van der Waals surface area contributed by atoms with E-state index in [1.54, 1.807) is 18.2 Å². The molecular weight excluding hydrogens is 434 g/mol. The first-order valence-electron chi connectivity index (χ1n) is 8.18. The van der Waals surface area contributed by atoms with Crippen molar-refractivity contribution in [3.63, 3.8) is 0 Å². The van der Waals surface area contributed by atoms with Crippen LogP contribution < -0.4 is 16.4 Å². The van der Waals surface area contributed by atoms with Crippen molar-refractivity contribution in [3.8, 4) is 0 Å². The van der Waals surface area contributed by atoms with Gasteiger partial charge in [-0.05, 0) is 71.0 Å². The largest absolute Gasteiger partial charge is 0.365 e. The van der Waals surface area contributed by atoms with Crippen molar-refractivity contribution < 1.29 is 9.59 Å². The van der Waals surface area contributed by atoms with Gasteiger partial charge < -0.3 is 11.1 Å². The van der Waals surface area contributed by atoms with Crippen LogP contribution in [-0.2, 0) is 12.8 Å². The van der Waals surface area contributed by atoms with Gasteiger partial charge in [-0.25, -0.2) is 0 Å². The van der Waals surface area contributed by atoms with Gasteiger partial charge in [0.2, 0.25) is 0 Å². The zero-order valence-electron chi connectivity index (χ0n) is 14.1. The Labute approximate surface area is 169 Å². The molecule has 5 nitrogen and oxygen atoms in total. The number of nitrogens with two attached hydrogens (primary N) is 1. The van der Waals surface area contributed by atoms with Crippen molar-refractivity contribution in [3.05, 3.63) is 50.3 Å². The fourth-order valence-electron chi connectivity index (χ4n) is 3.05. The minimum atomic E-state index is -0.473. The lowest BCUT2D eigenvalue weighted by atomic mass is 9.88. The van der Waals surface area contributed by atoms with Gasteiger partial charge >= 0.3 is 0 Å². The summed E-state index contributed by atoms with van der Waals surface area (Å²) < 4.78 is 0.679. The van der Waals surface area contributed by atoms with E-state index >= 15 is 0 Å². The maximum Gasteiger partial charge on any atom is 0.258 e. The van der Waals surface area contributed by atoms with Gasteiger partial charge in [0, 0.05) is 9.35 Å². The number of thiophene rings is 1. The van der Waals surface area contributed by atoms with Gasteiger partial charge in [0.1, 0.15) is 5.00 Å². The standard InChI is InChI=1S/C18H18BrN3O2S2/c1-9-6-7-11-13(8-9)26-17(14(11)15(20)23)22-18(25)21-16(24)10-4-2-3-5-12(10)19/h2-5,9H,6-8H2,1H3,(H2,20,23)(H2,21,22,24,25). The molecule has 8 heteroatoms. The van der Waals surface area contributed by atoms with E-state index in [9.17, 15) is 9.59 Å². The van der Waals surface area contributed by atoms with E-state index in [4.69, 9.17) is 18.0 Å². The molecule has 1 aliphatic rings. The predicted octanol–water partition coefficient (Wildman–Crippen LogP) is 3.86. The Morgan fingerprint density at radius 2 is 2.08 bits per heavy atom. The topological polar surface area (TPSA) is 84.2 Å². The first kappa shape index (κ1) is 19.0. The van der Waals surface area contributed by atoms with Gasteiger partial charge in [-0.3, -0.25) is 14.9 Å². The monoisotopic (exact) mass is 451 g/mol. The first-order valence-corrected chi connectivity index (χ1v) is 10.2. The normalized spacial score (nSPS) is 15.8. The number of carbonyl (C=O) groups excluding carboxylic acids is 2. The number of carbonyl (C=O) groups is 2. The molecule has 0 fully saturated rings. The fraction of sp³-hybridized carbons (Fsp3) is 0.278. The molecule has 1 unspecified atom stereocenters. The van der Waals surface area contributed by atoms with E-state index in [0.29, 0.717) is 26.5 Å². The number of hydrogen-bond acceptors (Lipinski definition) is 4. The molecule has 1 atom stereocenters. The highest BCUT2D eigenvalue weighted by Crippen LogP contribution is 2.39. The smallest absolute Gasteiger partial charge is 0.258 e. The highest BCUT2D eigenvalue weighted by molar-refractivity contribution is 9.10. The molecule has 0 radical (unpaired) electrons. The molecule has 136 valence electrons. The lowest BCUT2D eigenvalue weighted by Gasteiger charge is -2.18. The van der Waals surface area contributed by atoms with Gasteiger partial charge in [-0.2, -0.15) is 0 Å². The maximum absolute atomic E-state index is 12.4. The number of halogens is 1. The number of primary amides is 1. The van der Waals surface area contributed by atoms with E-state index in [1.807, 2.05) is 6.07 Å². The fourth-order valence-corrected chi connectivity index (χ4v) is 5.19. The summed E-state index contributed by atoms with van der Waals surface area (Å²) in [4.78, 5) is 25.5. The summed E-state index contributed by atoms with van der Waals surface area (Å²) in [6.45, 7) is 2.20. The lowest BCUT2D eigenvalue weighted by Crippen LogP contribution is -2.34. The van der Waals surface area contributed by atoms with E-state index in [-0.39, 0.29) is 11.0 Å². The van der Waals surface area contributed by atoms with Crippen LogP contribution in [0.2, 0.25) is 0 Å². The molecule has 1 aromatic heterocycles. The molecule has 4 N–H and O–H groups in total. The Morgan fingerprint density at radius 1 is 1.35 bits per heavy atom. The number of fused-ring (bicyclic) bond motifs is 1. The van der Waals surface area contributed by atoms with Crippen molar-refractivity contribution in [2.45, 2.75) is 26.2 Å². The molecule has 0 saturated carbocycles. The molecule has 2 amide bonds. The number of hydrogen-bond donors (Lipinski definition) is 3. The van der Waals surface area contributed by atoms with Crippen molar-refractivity contribution in [2.24, 2.45) is 11.7 Å². The molecule has 1 aromatic carbocycles. The van der Waals surface area contributed by atoms with Crippen LogP contribution in [0.15, 0.2) is 28.7 Å². The minimum absolute atomic E-state index is 0.139. The van der Waals surface area contributed by atoms with E-state index in [1.165, 1.54) is 16.2 Å². The Balaban J connectivity index is 1.78. The average molecular weight is 452 g/mol. The van der Waals surface area contributed by atoms with E-state index in [0.717, 1.165) is 24.8 Å². The van der Waals surface area contributed by atoms with E-state index in [2.05, 4.69) is 33.5 Å². The first-order chi connectivity index (χ1) is 12.4. The van der Waals surface area contributed by atoms with Crippen molar-refractivity contribution in [2.75, 3.05) is 5.32 Å². The van der Waals surface area contributed by atoms with Gasteiger partial charge in [0.05, 0.1) is 11.1 Å². The molecule has 1 heterocycles. The number of anilines is 1. The number of thiocarbonyl (C=S) groups is 1. The van der Waals surface area contributed by atoms with Gasteiger partial charge in [-0.15, -0.1) is 11.3 Å². The zero-order valence-corrected chi connectivity index (χ0v) is 17.3. The summed E-state index contributed by atoms with van der Waals surface area (Å²) in [7, 11) is 0. The van der Waals surface area contributed by atoms with Crippen LogP contribution in [0.3, 0.4) is 0 Å². The minimum Gasteiger partial charge on any atom is -0.365 e. The van der Waals surface area contributed by atoms with Crippen LogP contribution in [0.25, 0.3) is 0 Å². The molecule has 0 spiro atoms. The van der Waals surface area contributed by atoms with Gasteiger partial charge in [0.15, 0.2) is 5.11 Å². The summed E-state index contributed by atoms with van der Waals surface area (Å²) in [5.74, 6) is -0.221. The third-order valence-corrected chi connectivity index (χ3v) is 6.40. The number of amides is 2. The molecule has 26 heavy (non-hydrogen) atoms. The molecule has 2 aromatic rings. The van der Waals surface area contributed by atoms with Gasteiger partial charge in [0.25, 0.3) is 11.8 Å². The highest BCUT2D eigenvalue weighted by atomic mass is 79.9.